The highest BCUT2D eigenvalue weighted by Gasteiger charge is 2.54. The van der Waals surface area contributed by atoms with Crippen molar-refractivity contribution in [2.75, 3.05) is 9.80 Å². The Balaban J connectivity index is 1.02. The maximum Gasteiger partial charge on any atom is 0.0820 e. The number of nitrogens with zero attached hydrogens (tertiary/aromatic N) is 2. The summed E-state index contributed by atoms with van der Waals surface area (Å²) in [5, 5.41) is 3.74. The van der Waals surface area contributed by atoms with Crippen LogP contribution in [0.15, 0.2) is 267 Å². The van der Waals surface area contributed by atoms with Crippen LogP contribution in [0.25, 0.3) is 65.4 Å². The van der Waals surface area contributed by atoms with Crippen LogP contribution in [-0.4, -0.2) is 0 Å². The Bertz CT molecular complexity index is 3850. The molecule has 70 heavy (non-hydrogen) atoms. The second kappa shape index (κ2) is 16.2. The molecule has 2 aliphatic carbocycles. The van der Waals surface area contributed by atoms with E-state index in [1.807, 2.05) is 11.3 Å². The molecule has 1 unspecified atom stereocenters. The van der Waals surface area contributed by atoms with Crippen molar-refractivity contribution in [1.29, 1.82) is 0 Å². The zero-order valence-electron chi connectivity index (χ0n) is 38.2. The summed E-state index contributed by atoms with van der Waals surface area (Å²) in [7, 11) is 0. The molecule has 0 amide bonds. The molecule has 11 aromatic carbocycles. The summed E-state index contributed by atoms with van der Waals surface area (Å²) in [6.07, 6.45) is 0. The van der Waals surface area contributed by atoms with E-state index in [2.05, 4.69) is 277 Å². The summed E-state index contributed by atoms with van der Waals surface area (Å²) >= 11 is 1.95. The minimum absolute atomic E-state index is 0.590. The lowest BCUT2D eigenvalue weighted by Gasteiger charge is -2.33. The molecule has 2 nitrogen and oxygen atoms in total. The van der Waals surface area contributed by atoms with Crippen LogP contribution in [0.2, 0.25) is 0 Å². The number of rotatable bonds is 8. The van der Waals surface area contributed by atoms with E-state index in [9.17, 15) is 0 Å². The minimum atomic E-state index is -0.590. The van der Waals surface area contributed by atoms with Crippen molar-refractivity contribution >= 4 is 66.3 Å². The SMILES string of the molecule is c1ccc(-c2ccc(N(c3ccc(-c4ccccc4)cc3)c3ccc4c(c3)C3(c5ccccc5-4)c4cc(N(c5ccccc5)c5cccc6ccccc56)ccc4-c4c3sc3ccccc43)cc2)cc1. The van der Waals surface area contributed by atoms with Gasteiger partial charge in [0.2, 0.25) is 0 Å². The first-order chi connectivity index (χ1) is 34.7. The number of para-hydroxylation sites is 1. The molecule has 0 saturated heterocycles. The van der Waals surface area contributed by atoms with Crippen molar-refractivity contribution in [3.63, 3.8) is 0 Å². The van der Waals surface area contributed by atoms with Crippen molar-refractivity contribution in [2.24, 2.45) is 0 Å². The van der Waals surface area contributed by atoms with Gasteiger partial charge < -0.3 is 9.80 Å². The van der Waals surface area contributed by atoms with Gasteiger partial charge in [-0.1, -0.05) is 194 Å². The number of hydrogen-bond acceptors (Lipinski definition) is 3. The Labute approximate surface area is 412 Å². The van der Waals surface area contributed by atoms with E-state index in [0.717, 1.165) is 34.1 Å². The molecule has 0 N–H and O–H groups in total. The van der Waals surface area contributed by atoms with Crippen LogP contribution in [0.1, 0.15) is 21.6 Å². The molecule has 1 atom stereocenters. The standard InChI is InChI=1S/C67H44N2S/c1-4-17-45(18-5-1)47-31-35-51(36-32-47)68(52-37-33-48(34-38-52)46-19-6-2-7-20-46)53-39-41-57-56-26-12-14-28-60(56)67(61(57)43-53)62-44-54(40-42-58(62)65-59-27-13-15-30-64(59)70-66(65)67)69(50-23-8-3-9-24-50)63-29-16-22-49-21-10-11-25-55(49)63/h1-44H. The predicted molar refractivity (Wildman–Crippen MR) is 296 cm³/mol. The summed E-state index contributed by atoms with van der Waals surface area (Å²) < 4.78 is 1.31. The molecule has 1 heterocycles. The van der Waals surface area contributed by atoms with Crippen molar-refractivity contribution < 1.29 is 0 Å². The number of thiophene rings is 1. The third kappa shape index (κ3) is 6.19. The van der Waals surface area contributed by atoms with Crippen LogP contribution in [0, 0.1) is 0 Å². The second-order valence-electron chi connectivity index (χ2n) is 18.4. The maximum atomic E-state index is 2.52. The Morgan fingerprint density at radius 2 is 0.771 bits per heavy atom. The normalized spacial score (nSPS) is 14.1. The summed E-state index contributed by atoms with van der Waals surface area (Å²) in [6.45, 7) is 0. The molecular weight excluding hydrogens is 865 g/mol. The third-order valence-electron chi connectivity index (χ3n) is 14.6. The van der Waals surface area contributed by atoms with Gasteiger partial charge in [0.1, 0.15) is 0 Å². The Hall–Kier alpha value is -8.76. The first-order valence-corrected chi connectivity index (χ1v) is 24.9. The van der Waals surface area contributed by atoms with Gasteiger partial charge in [-0.15, -0.1) is 11.3 Å². The van der Waals surface area contributed by atoms with Gasteiger partial charge in [-0.25, -0.2) is 0 Å². The highest BCUT2D eigenvalue weighted by Crippen LogP contribution is 2.67. The highest BCUT2D eigenvalue weighted by atomic mass is 32.1. The van der Waals surface area contributed by atoms with Crippen molar-refractivity contribution in [3.05, 3.63) is 288 Å². The van der Waals surface area contributed by atoms with Crippen molar-refractivity contribution in [3.8, 4) is 44.5 Å². The quantitative estimate of drug-likeness (QED) is 0.150. The molecule has 2 aliphatic rings. The minimum Gasteiger partial charge on any atom is -0.310 e. The van der Waals surface area contributed by atoms with E-state index >= 15 is 0 Å². The smallest absolute Gasteiger partial charge is 0.0820 e. The molecule has 328 valence electrons. The molecule has 0 bridgehead atoms. The van der Waals surface area contributed by atoms with Gasteiger partial charge in [-0.3, -0.25) is 0 Å². The summed E-state index contributed by atoms with van der Waals surface area (Å²) in [5.74, 6) is 0. The van der Waals surface area contributed by atoms with Crippen LogP contribution in [0.3, 0.4) is 0 Å². The van der Waals surface area contributed by atoms with Gasteiger partial charge in [0.05, 0.1) is 11.1 Å². The average molecular weight is 909 g/mol. The molecule has 3 heteroatoms. The van der Waals surface area contributed by atoms with Crippen LogP contribution in [-0.2, 0) is 5.41 Å². The van der Waals surface area contributed by atoms with Crippen LogP contribution < -0.4 is 9.80 Å². The van der Waals surface area contributed by atoms with Crippen molar-refractivity contribution in [2.45, 2.75) is 5.41 Å². The molecular formula is C67H44N2S. The maximum absolute atomic E-state index is 2.52. The lowest BCUT2D eigenvalue weighted by molar-refractivity contribution is 0.811. The molecule has 0 aliphatic heterocycles. The molecule has 12 aromatic rings. The molecule has 0 fully saturated rings. The van der Waals surface area contributed by atoms with Crippen molar-refractivity contribution in [1.82, 2.24) is 0 Å². The van der Waals surface area contributed by atoms with Gasteiger partial charge >= 0.3 is 0 Å². The van der Waals surface area contributed by atoms with E-state index in [-0.39, 0.29) is 0 Å². The first-order valence-electron chi connectivity index (χ1n) is 24.1. The summed E-state index contributed by atoms with van der Waals surface area (Å²) in [6, 6.07) is 98.4. The van der Waals surface area contributed by atoms with Gasteiger partial charge in [-0.05, 0) is 134 Å². The lowest BCUT2D eigenvalue weighted by atomic mass is 9.73. The zero-order chi connectivity index (χ0) is 46.2. The molecule has 0 saturated carbocycles. The number of hydrogen-bond donors (Lipinski definition) is 0. The number of anilines is 6. The molecule has 1 spiro atoms. The van der Waals surface area contributed by atoms with E-state index < -0.39 is 5.41 Å². The van der Waals surface area contributed by atoms with Gasteiger partial charge in [0.25, 0.3) is 0 Å². The van der Waals surface area contributed by atoms with E-state index in [4.69, 9.17) is 0 Å². The van der Waals surface area contributed by atoms with Crippen LogP contribution in [0.4, 0.5) is 34.1 Å². The van der Waals surface area contributed by atoms with E-state index in [1.165, 1.54) is 86.9 Å². The fourth-order valence-corrected chi connectivity index (χ4v) is 13.0. The fraction of sp³-hybridized carbons (Fsp3) is 0.0149. The largest absolute Gasteiger partial charge is 0.310 e. The van der Waals surface area contributed by atoms with Gasteiger partial charge in [-0.2, -0.15) is 0 Å². The Kier molecular flexibility index (Phi) is 9.33. The van der Waals surface area contributed by atoms with Crippen LogP contribution >= 0.6 is 11.3 Å². The Morgan fingerprint density at radius 1 is 0.300 bits per heavy atom. The zero-order valence-corrected chi connectivity index (χ0v) is 39.0. The second-order valence-corrected chi connectivity index (χ2v) is 19.4. The molecule has 0 radical (unpaired) electrons. The topological polar surface area (TPSA) is 6.48 Å². The lowest BCUT2D eigenvalue weighted by Crippen LogP contribution is -2.25. The number of fused-ring (bicyclic) bond motifs is 13. The van der Waals surface area contributed by atoms with E-state index in [0.29, 0.717) is 0 Å². The summed E-state index contributed by atoms with van der Waals surface area (Å²) in [4.78, 5) is 6.28. The predicted octanol–water partition coefficient (Wildman–Crippen LogP) is 18.7. The summed E-state index contributed by atoms with van der Waals surface area (Å²) in [5.41, 5.74) is 20.0. The van der Waals surface area contributed by atoms with Gasteiger partial charge in [0.15, 0.2) is 0 Å². The molecule has 14 rings (SSSR count). The fourth-order valence-electron chi connectivity index (χ4n) is 11.6. The monoisotopic (exact) mass is 908 g/mol. The number of benzene rings is 11. The molecule has 1 aromatic heterocycles. The third-order valence-corrected chi connectivity index (χ3v) is 15.9. The Morgan fingerprint density at radius 3 is 1.46 bits per heavy atom. The average Bonchev–Trinajstić information content (AvgIpc) is 4.06. The van der Waals surface area contributed by atoms with Crippen LogP contribution in [0.5, 0.6) is 0 Å². The highest BCUT2D eigenvalue weighted by molar-refractivity contribution is 7.20. The first kappa shape index (κ1) is 40.3. The van der Waals surface area contributed by atoms with E-state index in [1.54, 1.807) is 0 Å². The van der Waals surface area contributed by atoms with Gasteiger partial charge in [0, 0.05) is 54.3 Å².